The summed E-state index contributed by atoms with van der Waals surface area (Å²) in [5.41, 5.74) is 1.07. The van der Waals surface area contributed by atoms with Gasteiger partial charge in [-0.2, -0.15) is 0 Å². The van der Waals surface area contributed by atoms with E-state index < -0.39 is 0 Å². The maximum atomic E-state index is 5.47. The maximum Gasteiger partial charge on any atom is 0.203 e. The molecule has 2 rings (SSSR count). The molecule has 0 bridgehead atoms. The van der Waals surface area contributed by atoms with Crippen LogP contribution in [0.1, 0.15) is 38.9 Å². The predicted molar refractivity (Wildman–Crippen MR) is 69.4 cm³/mol. The predicted octanol–water partition coefficient (Wildman–Crippen LogP) is 2.61. The third-order valence-corrected chi connectivity index (χ3v) is 3.36. The van der Waals surface area contributed by atoms with Crippen molar-refractivity contribution < 1.29 is 4.74 Å². The molecule has 0 aromatic carbocycles. The molecule has 1 aliphatic heterocycles. The summed E-state index contributed by atoms with van der Waals surface area (Å²) >= 11 is 0. The fraction of sp³-hybridized carbons (Fsp3) is 0.769. The minimum Gasteiger partial charge on any atom is -0.381 e. The summed E-state index contributed by atoms with van der Waals surface area (Å²) in [6.45, 7) is 10.3. The lowest BCUT2D eigenvalue weighted by Gasteiger charge is -2.22. The van der Waals surface area contributed by atoms with Crippen molar-refractivity contribution in [1.29, 1.82) is 0 Å². The monoisotopic (exact) mass is 237 g/mol. The Bertz CT molecular complexity index is 367. The summed E-state index contributed by atoms with van der Waals surface area (Å²) in [7, 11) is 0. The standard InChI is InChI=1S/C13H23N3O/c1-9(2)14-13-15-10(3)7-16(13)11(4)12-5-6-17-8-12/h7,9,11-12H,5-6,8H2,1-4H3,(H,14,15). The molecule has 2 atom stereocenters. The minimum absolute atomic E-state index is 0.405. The average Bonchev–Trinajstić information content (AvgIpc) is 2.85. The van der Waals surface area contributed by atoms with Gasteiger partial charge in [0.15, 0.2) is 0 Å². The molecule has 0 saturated carbocycles. The molecule has 0 radical (unpaired) electrons. The number of nitrogens with one attached hydrogen (secondary N) is 1. The van der Waals surface area contributed by atoms with Gasteiger partial charge in [0.05, 0.1) is 12.3 Å². The van der Waals surface area contributed by atoms with Gasteiger partial charge in [-0.05, 0) is 34.1 Å². The van der Waals surface area contributed by atoms with Crippen LogP contribution >= 0.6 is 0 Å². The highest BCUT2D eigenvalue weighted by Gasteiger charge is 2.25. The third kappa shape index (κ3) is 2.80. The second kappa shape index (κ2) is 5.08. The lowest BCUT2D eigenvalue weighted by atomic mass is 10.0. The van der Waals surface area contributed by atoms with E-state index in [1.807, 2.05) is 6.92 Å². The number of hydrogen-bond donors (Lipinski definition) is 1. The molecule has 2 unspecified atom stereocenters. The van der Waals surface area contributed by atoms with Crippen LogP contribution in [0.2, 0.25) is 0 Å². The van der Waals surface area contributed by atoms with E-state index in [9.17, 15) is 0 Å². The second-order valence-electron chi connectivity index (χ2n) is 5.28. The van der Waals surface area contributed by atoms with Crippen LogP contribution in [0.5, 0.6) is 0 Å². The van der Waals surface area contributed by atoms with E-state index in [1.165, 1.54) is 0 Å². The van der Waals surface area contributed by atoms with Crippen LogP contribution in [0.15, 0.2) is 6.20 Å². The Morgan fingerprint density at radius 2 is 2.24 bits per heavy atom. The number of nitrogens with zero attached hydrogens (tertiary/aromatic N) is 2. The van der Waals surface area contributed by atoms with E-state index in [0.717, 1.165) is 31.3 Å². The van der Waals surface area contributed by atoms with Crippen molar-refractivity contribution >= 4 is 5.95 Å². The summed E-state index contributed by atoms with van der Waals surface area (Å²) in [5.74, 6) is 1.59. The number of hydrogen-bond acceptors (Lipinski definition) is 3. The average molecular weight is 237 g/mol. The first-order valence-corrected chi connectivity index (χ1v) is 6.47. The second-order valence-corrected chi connectivity index (χ2v) is 5.28. The summed E-state index contributed by atoms with van der Waals surface area (Å²) in [4.78, 5) is 4.55. The fourth-order valence-corrected chi connectivity index (χ4v) is 2.35. The number of ether oxygens (including phenoxy) is 1. The Hall–Kier alpha value is -1.03. The Kier molecular flexibility index (Phi) is 3.72. The van der Waals surface area contributed by atoms with Gasteiger partial charge in [-0.25, -0.2) is 4.98 Å². The van der Waals surface area contributed by atoms with Crippen molar-refractivity contribution in [2.45, 2.75) is 46.2 Å². The molecule has 17 heavy (non-hydrogen) atoms. The zero-order chi connectivity index (χ0) is 12.4. The lowest BCUT2D eigenvalue weighted by Crippen LogP contribution is -2.21. The maximum absolute atomic E-state index is 5.47. The quantitative estimate of drug-likeness (QED) is 0.875. The molecule has 0 amide bonds. The van der Waals surface area contributed by atoms with Crippen molar-refractivity contribution in [3.8, 4) is 0 Å². The highest BCUT2D eigenvalue weighted by atomic mass is 16.5. The molecule has 4 nitrogen and oxygen atoms in total. The molecule has 1 aromatic rings. The molecule has 0 aliphatic carbocycles. The van der Waals surface area contributed by atoms with Gasteiger partial charge < -0.3 is 14.6 Å². The Labute approximate surface area is 103 Å². The molecule has 1 fully saturated rings. The van der Waals surface area contributed by atoms with Crippen LogP contribution in [0.4, 0.5) is 5.95 Å². The van der Waals surface area contributed by atoms with Crippen LogP contribution in [-0.4, -0.2) is 28.8 Å². The SMILES string of the molecule is Cc1cn(C(C)C2CCOC2)c(NC(C)C)n1. The van der Waals surface area contributed by atoms with Crippen LogP contribution in [0.3, 0.4) is 0 Å². The zero-order valence-corrected chi connectivity index (χ0v) is 11.2. The van der Waals surface area contributed by atoms with E-state index >= 15 is 0 Å². The van der Waals surface area contributed by atoms with E-state index in [2.05, 4.69) is 41.8 Å². The summed E-state index contributed by atoms with van der Waals surface area (Å²) in [6.07, 6.45) is 3.28. The number of aryl methyl sites for hydroxylation is 1. The van der Waals surface area contributed by atoms with Crippen molar-refractivity contribution in [2.75, 3.05) is 18.5 Å². The Morgan fingerprint density at radius 3 is 2.82 bits per heavy atom. The summed E-state index contributed by atoms with van der Waals surface area (Å²) < 4.78 is 7.73. The van der Waals surface area contributed by atoms with E-state index in [-0.39, 0.29) is 0 Å². The fourth-order valence-electron chi connectivity index (χ4n) is 2.35. The van der Waals surface area contributed by atoms with Crippen LogP contribution < -0.4 is 5.32 Å². The van der Waals surface area contributed by atoms with Gasteiger partial charge in [-0.15, -0.1) is 0 Å². The van der Waals surface area contributed by atoms with Crippen molar-refractivity contribution in [1.82, 2.24) is 9.55 Å². The molecule has 2 heterocycles. The topological polar surface area (TPSA) is 39.1 Å². The Balaban J connectivity index is 2.17. The number of anilines is 1. The first-order chi connectivity index (χ1) is 8.08. The van der Waals surface area contributed by atoms with E-state index in [1.54, 1.807) is 0 Å². The summed E-state index contributed by atoms with van der Waals surface area (Å²) in [6, 6.07) is 0.850. The largest absolute Gasteiger partial charge is 0.381 e. The van der Waals surface area contributed by atoms with Gasteiger partial charge in [-0.3, -0.25) is 0 Å². The van der Waals surface area contributed by atoms with Crippen LogP contribution in [-0.2, 0) is 4.74 Å². The smallest absolute Gasteiger partial charge is 0.203 e. The molecule has 96 valence electrons. The van der Waals surface area contributed by atoms with Crippen LogP contribution in [0, 0.1) is 12.8 Å². The van der Waals surface area contributed by atoms with Gasteiger partial charge >= 0.3 is 0 Å². The van der Waals surface area contributed by atoms with Crippen molar-refractivity contribution in [3.63, 3.8) is 0 Å². The highest BCUT2D eigenvalue weighted by molar-refractivity contribution is 5.30. The third-order valence-electron chi connectivity index (χ3n) is 3.36. The highest BCUT2D eigenvalue weighted by Crippen LogP contribution is 2.28. The Morgan fingerprint density at radius 1 is 1.47 bits per heavy atom. The van der Waals surface area contributed by atoms with Gasteiger partial charge in [0.2, 0.25) is 5.95 Å². The van der Waals surface area contributed by atoms with Gasteiger partial charge in [0, 0.05) is 30.8 Å². The number of imidazole rings is 1. The lowest BCUT2D eigenvalue weighted by molar-refractivity contribution is 0.175. The normalized spacial score (nSPS) is 22.1. The molecular weight excluding hydrogens is 214 g/mol. The molecule has 1 N–H and O–H groups in total. The number of aromatic nitrogens is 2. The zero-order valence-electron chi connectivity index (χ0n) is 11.2. The van der Waals surface area contributed by atoms with Gasteiger partial charge in [0.1, 0.15) is 0 Å². The molecule has 1 aromatic heterocycles. The number of rotatable bonds is 4. The summed E-state index contributed by atoms with van der Waals surface area (Å²) in [5, 5.41) is 3.41. The molecule has 1 saturated heterocycles. The first-order valence-electron chi connectivity index (χ1n) is 6.47. The molecule has 0 spiro atoms. The van der Waals surface area contributed by atoms with Crippen LogP contribution in [0.25, 0.3) is 0 Å². The van der Waals surface area contributed by atoms with Crippen molar-refractivity contribution in [2.24, 2.45) is 5.92 Å². The minimum atomic E-state index is 0.405. The van der Waals surface area contributed by atoms with E-state index in [4.69, 9.17) is 4.74 Å². The van der Waals surface area contributed by atoms with Gasteiger partial charge in [-0.1, -0.05) is 0 Å². The molecule has 1 aliphatic rings. The molecular formula is C13H23N3O. The molecule has 4 heteroatoms. The van der Waals surface area contributed by atoms with Crippen molar-refractivity contribution in [3.05, 3.63) is 11.9 Å². The van der Waals surface area contributed by atoms with E-state index in [0.29, 0.717) is 18.0 Å². The van der Waals surface area contributed by atoms with Gasteiger partial charge in [0.25, 0.3) is 0 Å². The first kappa shape index (κ1) is 12.4.